The van der Waals surface area contributed by atoms with Crippen LogP contribution in [-0.2, 0) is 11.2 Å². The van der Waals surface area contributed by atoms with Gasteiger partial charge >= 0.3 is 12.7 Å². The molecule has 0 saturated carbocycles. The van der Waals surface area contributed by atoms with Crippen LogP contribution in [0.3, 0.4) is 0 Å². The summed E-state index contributed by atoms with van der Waals surface area (Å²) in [5, 5.41) is 36.8. The third-order valence-electron chi connectivity index (χ3n) is 4.95. The maximum Gasteiger partial charge on any atom is 0.430 e. The first-order valence-corrected chi connectivity index (χ1v) is 9.02. The van der Waals surface area contributed by atoms with E-state index in [1.807, 2.05) is 0 Å². The van der Waals surface area contributed by atoms with Gasteiger partial charge in [0.05, 0.1) is 37.5 Å². The Morgan fingerprint density at radius 1 is 1.32 bits per heavy atom. The number of carboxylic acids is 1. The molecule has 0 radical (unpaired) electrons. The number of likely N-dealkylation sites (tertiary alicyclic amines) is 1. The number of carbonyl (C=O) groups is 2. The molecule has 4 rings (SSSR count). The Kier molecular flexibility index (Phi) is 4.56. The number of ether oxygens (including phenoxy) is 1. The van der Waals surface area contributed by atoms with E-state index in [0.29, 0.717) is 37.3 Å². The molecule has 3 heterocycles. The summed E-state index contributed by atoms with van der Waals surface area (Å²) in [7, 11) is 0. The Morgan fingerprint density at radius 3 is 2.79 bits per heavy atom. The minimum atomic E-state index is -3.09. The van der Waals surface area contributed by atoms with Gasteiger partial charge in [0, 0.05) is 0 Å². The van der Waals surface area contributed by atoms with Gasteiger partial charge < -0.3 is 29.4 Å². The summed E-state index contributed by atoms with van der Waals surface area (Å²) in [5.74, 6) is -1.38. The molecule has 0 aliphatic carbocycles. The number of rotatable bonds is 5. The predicted molar refractivity (Wildman–Crippen MR) is 96.2 cm³/mol. The number of hydrogen-bond donors (Lipinski definition) is 3. The highest BCUT2D eigenvalue weighted by molar-refractivity contribution is 6.59. The highest BCUT2D eigenvalue weighted by Gasteiger charge is 2.36. The molecular formula is C17H19BN3O7-. The van der Waals surface area contributed by atoms with Crippen LogP contribution < -0.4 is 9.39 Å². The van der Waals surface area contributed by atoms with E-state index in [1.54, 1.807) is 17.0 Å². The molecule has 148 valence electrons. The second-order valence-corrected chi connectivity index (χ2v) is 7.08. The van der Waals surface area contributed by atoms with E-state index >= 15 is 0 Å². The van der Waals surface area contributed by atoms with Crippen molar-refractivity contribution in [1.29, 1.82) is 0 Å². The molecule has 3 aliphatic heterocycles. The van der Waals surface area contributed by atoms with E-state index in [1.165, 1.54) is 6.07 Å². The number of azo groups is 1. The maximum atomic E-state index is 12.2. The number of carboxylic acid groups (broad SMARTS) is 1. The van der Waals surface area contributed by atoms with Crippen LogP contribution in [0.25, 0.3) is 0 Å². The van der Waals surface area contributed by atoms with E-state index in [0.717, 1.165) is 0 Å². The van der Waals surface area contributed by atoms with Crippen LogP contribution in [0.2, 0.25) is 6.32 Å². The molecule has 1 aromatic rings. The van der Waals surface area contributed by atoms with Gasteiger partial charge in [-0.1, -0.05) is 12.4 Å². The van der Waals surface area contributed by atoms with Crippen molar-refractivity contribution >= 4 is 18.6 Å². The molecule has 28 heavy (non-hydrogen) atoms. The lowest BCUT2D eigenvalue weighted by Gasteiger charge is -2.40. The molecule has 3 N–H and O–H groups in total. The van der Waals surface area contributed by atoms with Crippen molar-refractivity contribution in [3.05, 3.63) is 35.0 Å². The van der Waals surface area contributed by atoms with Gasteiger partial charge in [0.15, 0.2) is 0 Å². The van der Waals surface area contributed by atoms with Gasteiger partial charge in [-0.05, 0) is 24.1 Å². The first-order valence-electron chi connectivity index (χ1n) is 9.02. The normalized spacial score (nSPS) is 20.1. The highest BCUT2D eigenvalue weighted by atomic mass is 16.6. The Labute approximate surface area is 160 Å². The summed E-state index contributed by atoms with van der Waals surface area (Å²) in [4.78, 5) is 25.5. The first-order chi connectivity index (χ1) is 13.3. The SMILES string of the molecule is O=C(O)c1c(OC2CN(C(=O)CC3=CCN=N3)C2)ccc2c1O[B-](O)(O)CC2. The van der Waals surface area contributed by atoms with Crippen LogP contribution in [0.4, 0.5) is 0 Å². The van der Waals surface area contributed by atoms with Crippen LogP contribution >= 0.6 is 0 Å². The highest BCUT2D eigenvalue weighted by Crippen LogP contribution is 2.39. The van der Waals surface area contributed by atoms with E-state index in [-0.39, 0.29) is 41.8 Å². The molecule has 10 nitrogen and oxygen atoms in total. The maximum absolute atomic E-state index is 12.2. The molecule has 3 aliphatic rings. The number of aromatic carboxylic acids is 1. The molecule has 1 aromatic carbocycles. The number of amides is 1. The third kappa shape index (κ3) is 3.58. The number of hydrogen-bond acceptors (Lipinski definition) is 8. The summed E-state index contributed by atoms with van der Waals surface area (Å²) < 4.78 is 10.9. The van der Waals surface area contributed by atoms with Crippen molar-refractivity contribution in [2.45, 2.75) is 25.3 Å². The lowest BCUT2D eigenvalue weighted by Crippen LogP contribution is -2.56. The van der Waals surface area contributed by atoms with Gasteiger partial charge in [-0.3, -0.25) is 4.79 Å². The van der Waals surface area contributed by atoms with Crippen molar-refractivity contribution in [1.82, 2.24) is 4.90 Å². The second-order valence-electron chi connectivity index (χ2n) is 7.08. The predicted octanol–water partition coefficient (Wildman–Crippen LogP) is 0.573. The van der Waals surface area contributed by atoms with Crippen LogP contribution in [0.1, 0.15) is 22.3 Å². The summed E-state index contributed by atoms with van der Waals surface area (Å²) >= 11 is 0. The van der Waals surface area contributed by atoms with Gasteiger partial charge in [-0.15, -0.1) is 0 Å². The topological polar surface area (TPSA) is 141 Å². The Morgan fingerprint density at radius 2 is 2.11 bits per heavy atom. The van der Waals surface area contributed by atoms with Crippen molar-refractivity contribution in [2.24, 2.45) is 10.2 Å². The average Bonchev–Trinajstić information content (AvgIpc) is 3.08. The first kappa shape index (κ1) is 18.4. The van der Waals surface area contributed by atoms with Crippen molar-refractivity contribution in [3.8, 4) is 11.5 Å². The smallest absolute Gasteiger partial charge is 0.430 e. The van der Waals surface area contributed by atoms with Gasteiger partial charge in [-0.2, -0.15) is 10.2 Å². The zero-order valence-corrected chi connectivity index (χ0v) is 14.9. The van der Waals surface area contributed by atoms with Gasteiger partial charge in [-0.25, -0.2) is 4.79 Å². The average molecular weight is 388 g/mol. The molecule has 11 heteroatoms. The zero-order valence-electron chi connectivity index (χ0n) is 14.9. The third-order valence-corrected chi connectivity index (χ3v) is 4.95. The number of benzene rings is 1. The molecule has 1 fully saturated rings. The van der Waals surface area contributed by atoms with Crippen molar-refractivity contribution < 1.29 is 34.1 Å². The molecule has 1 saturated heterocycles. The summed E-state index contributed by atoms with van der Waals surface area (Å²) in [6, 6.07) is 3.19. The molecule has 0 spiro atoms. The molecule has 0 atom stereocenters. The van der Waals surface area contributed by atoms with Crippen LogP contribution in [0.5, 0.6) is 11.5 Å². The quantitative estimate of drug-likeness (QED) is 0.626. The van der Waals surface area contributed by atoms with E-state index in [2.05, 4.69) is 10.2 Å². The second kappa shape index (κ2) is 6.91. The molecular weight excluding hydrogens is 369 g/mol. The van der Waals surface area contributed by atoms with E-state index in [4.69, 9.17) is 9.39 Å². The fourth-order valence-corrected chi connectivity index (χ4v) is 3.42. The summed E-state index contributed by atoms with van der Waals surface area (Å²) in [5.41, 5.74) is 0.982. The van der Waals surface area contributed by atoms with Crippen LogP contribution in [-0.4, -0.2) is 64.4 Å². The minimum Gasteiger partial charge on any atom is -0.669 e. The fraction of sp³-hybridized carbons (Fsp3) is 0.412. The fourth-order valence-electron chi connectivity index (χ4n) is 3.42. The molecule has 0 bridgehead atoms. The molecule has 0 unspecified atom stereocenters. The Bertz CT molecular complexity index is 893. The lowest BCUT2D eigenvalue weighted by molar-refractivity contribution is -0.139. The number of carbonyl (C=O) groups excluding carboxylic acids is 1. The summed E-state index contributed by atoms with van der Waals surface area (Å²) in [6.45, 7) is -1.94. The number of aryl methyl sites for hydroxylation is 1. The summed E-state index contributed by atoms with van der Waals surface area (Å²) in [6.07, 6.45) is 1.91. The van der Waals surface area contributed by atoms with Crippen molar-refractivity contribution in [2.75, 3.05) is 19.6 Å². The van der Waals surface area contributed by atoms with Gasteiger partial charge in [0.1, 0.15) is 17.4 Å². The van der Waals surface area contributed by atoms with E-state index in [9.17, 15) is 24.7 Å². The van der Waals surface area contributed by atoms with E-state index < -0.39 is 12.7 Å². The van der Waals surface area contributed by atoms with Crippen LogP contribution in [0.15, 0.2) is 34.1 Å². The number of nitrogens with zero attached hydrogens (tertiary/aromatic N) is 3. The number of fused-ring (bicyclic) bond motifs is 1. The minimum absolute atomic E-state index is 0.00194. The standard InChI is InChI=1S/C17H19BN3O7/c22-14(7-11-4-6-19-20-11)21-8-12(9-21)27-13-2-1-10-3-5-18(25,26)28-16(10)15(13)17(23)24/h1-2,4,12,25-26H,3,5-9H2,(H,23,24)/q-1. The largest absolute Gasteiger partial charge is 0.669 e. The zero-order chi connectivity index (χ0) is 19.9. The van der Waals surface area contributed by atoms with Crippen LogP contribution in [0, 0.1) is 0 Å². The Balaban J connectivity index is 1.44. The van der Waals surface area contributed by atoms with Crippen molar-refractivity contribution in [3.63, 3.8) is 0 Å². The van der Waals surface area contributed by atoms with Gasteiger partial charge in [0.2, 0.25) is 5.91 Å². The molecule has 1 amide bonds. The Hall–Kier alpha value is -2.92. The monoisotopic (exact) mass is 388 g/mol. The lowest BCUT2D eigenvalue weighted by atomic mass is 9.70. The van der Waals surface area contributed by atoms with Gasteiger partial charge in [0.25, 0.3) is 0 Å². The molecule has 0 aromatic heterocycles.